The molecule has 0 amide bonds. The quantitative estimate of drug-likeness (QED) is 0.590. The van der Waals surface area contributed by atoms with Gasteiger partial charge in [-0.1, -0.05) is 17.7 Å². The molecule has 0 spiro atoms. The molecular weight excluding hydrogens is 304 g/mol. The molecule has 0 unspecified atom stereocenters. The summed E-state index contributed by atoms with van der Waals surface area (Å²) < 4.78 is 1.43. The summed E-state index contributed by atoms with van der Waals surface area (Å²) in [5.41, 5.74) is 0. The third-order valence-corrected chi connectivity index (χ3v) is 4.10. The van der Waals surface area contributed by atoms with Crippen LogP contribution in [0.1, 0.15) is 0 Å². The van der Waals surface area contributed by atoms with Gasteiger partial charge in [0.1, 0.15) is 0 Å². The van der Waals surface area contributed by atoms with E-state index >= 15 is 0 Å². The topological polar surface area (TPSA) is 82.5 Å². The minimum absolute atomic E-state index is 0.484. The Bertz CT molecular complexity index is 679. The van der Waals surface area contributed by atoms with Crippen molar-refractivity contribution in [2.45, 2.75) is 10.3 Å². The van der Waals surface area contributed by atoms with Crippen molar-refractivity contribution in [3.63, 3.8) is 0 Å². The molecule has 3 aromatic rings. The van der Waals surface area contributed by atoms with Gasteiger partial charge in [0, 0.05) is 0 Å². The predicted molar refractivity (Wildman–Crippen MR) is 74.7 cm³/mol. The zero-order chi connectivity index (χ0) is 13.2. The molecular formula is C10H7ClN6S2. The number of hydrogen-bond acceptors (Lipinski definition) is 7. The number of nitrogen functional groups attached to an aromatic ring is 1. The molecule has 6 nitrogen and oxygen atoms in total. The molecule has 96 valence electrons. The molecule has 0 bridgehead atoms. The Balaban J connectivity index is 1.88. The van der Waals surface area contributed by atoms with Gasteiger partial charge >= 0.3 is 0 Å². The monoisotopic (exact) mass is 310 g/mol. The maximum atomic E-state index is 5.97. The van der Waals surface area contributed by atoms with Crippen LogP contribution in [0.2, 0.25) is 5.02 Å². The second-order valence-electron chi connectivity index (χ2n) is 3.44. The highest BCUT2D eigenvalue weighted by Crippen LogP contribution is 2.27. The summed E-state index contributed by atoms with van der Waals surface area (Å²) in [6, 6.07) is 3.87. The summed E-state index contributed by atoms with van der Waals surface area (Å²) in [7, 11) is 0. The summed E-state index contributed by atoms with van der Waals surface area (Å²) in [6.07, 6.45) is 3.04. The van der Waals surface area contributed by atoms with E-state index in [1.54, 1.807) is 11.3 Å². The molecule has 19 heavy (non-hydrogen) atoms. The van der Waals surface area contributed by atoms with Crippen molar-refractivity contribution in [2.24, 2.45) is 0 Å². The van der Waals surface area contributed by atoms with Gasteiger partial charge in [0.05, 0.1) is 22.3 Å². The van der Waals surface area contributed by atoms with E-state index in [0.717, 1.165) is 4.88 Å². The highest BCUT2D eigenvalue weighted by atomic mass is 35.5. The Kier molecular flexibility index (Phi) is 3.36. The van der Waals surface area contributed by atoms with Crippen LogP contribution >= 0.6 is 34.7 Å². The predicted octanol–water partition coefficient (Wildman–Crippen LogP) is 2.32. The Morgan fingerprint density at radius 3 is 2.74 bits per heavy atom. The number of nitrogens with zero attached hydrogens (tertiary/aromatic N) is 5. The highest BCUT2D eigenvalue weighted by molar-refractivity contribution is 7.99. The van der Waals surface area contributed by atoms with Gasteiger partial charge in [-0.25, -0.2) is 14.6 Å². The van der Waals surface area contributed by atoms with Gasteiger partial charge < -0.3 is 5.84 Å². The lowest BCUT2D eigenvalue weighted by Gasteiger charge is -2.01. The largest absolute Gasteiger partial charge is 0.335 e. The zero-order valence-electron chi connectivity index (χ0n) is 9.39. The minimum atomic E-state index is 0.484. The summed E-state index contributed by atoms with van der Waals surface area (Å²) in [6.45, 7) is 0. The molecule has 0 aliphatic heterocycles. The van der Waals surface area contributed by atoms with Crippen LogP contribution in [0, 0.1) is 0 Å². The minimum Gasteiger partial charge on any atom is -0.335 e. The second-order valence-corrected chi connectivity index (χ2v) is 5.76. The molecule has 3 aromatic heterocycles. The van der Waals surface area contributed by atoms with Crippen molar-refractivity contribution in [1.82, 2.24) is 24.8 Å². The Hall–Kier alpha value is -1.64. The fourth-order valence-corrected chi connectivity index (χ4v) is 2.80. The first-order valence-electron chi connectivity index (χ1n) is 5.14. The number of thiophene rings is 1. The average Bonchev–Trinajstić information content (AvgIpc) is 3.03. The number of aromatic nitrogens is 5. The second kappa shape index (κ2) is 5.16. The maximum Gasteiger partial charge on any atom is 0.217 e. The van der Waals surface area contributed by atoms with E-state index in [4.69, 9.17) is 17.4 Å². The molecule has 2 N–H and O–H groups in total. The van der Waals surface area contributed by atoms with Crippen LogP contribution in [0.15, 0.2) is 40.2 Å². The molecule has 0 radical (unpaired) electrons. The molecule has 0 saturated carbocycles. The van der Waals surface area contributed by atoms with Crippen molar-refractivity contribution in [3.8, 4) is 10.7 Å². The van der Waals surface area contributed by atoms with Gasteiger partial charge in [-0.2, -0.15) is 0 Å². The standard InChI is InChI=1S/C10H7ClN6S2/c11-6-4-13-9(14-5-6)19-10-16-15-8(17(10)12)7-2-1-3-18-7/h1-5H,12H2. The van der Waals surface area contributed by atoms with Gasteiger partial charge in [0.2, 0.25) is 5.16 Å². The number of nitrogens with two attached hydrogens (primary N) is 1. The third kappa shape index (κ3) is 2.55. The van der Waals surface area contributed by atoms with Crippen LogP contribution in [0.25, 0.3) is 10.7 Å². The van der Waals surface area contributed by atoms with Crippen LogP contribution in [0.3, 0.4) is 0 Å². The molecule has 0 saturated heterocycles. The van der Waals surface area contributed by atoms with Crippen molar-refractivity contribution < 1.29 is 0 Å². The zero-order valence-corrected chi connectivity index (χ0v) is 11.8. The van der Waals surface area contributed by atoms with Crippen molar-refractivity contribution >= 4 is 34.7 Å². The molecule has 9 heteroatoms. The molecule has 0 aliphatic rings. The van der Waals surface area contributed by atoms with Gasteiger partial charge in [-0.3, -0.25) is 0 Å². The van der Waals surface area contributed by atoms with Crippen molar-refractivity contribution in [3.05, 3.63) is 34.9 Å². The normalized spacial score (nSPS) is 10.8. The lowest BCUT2D eigenvalue weighted by molar-refractivity contribution is 0.841. The van der Waals surface area contributed by atoms with E-state index in [0.29, 0.717) is 21.2 Å². The first-order chi connectivity index (χ1) is 9.24. The van der Waals surface area contributed by atoms with Crippen molar-refractivity contribution in [1.29, 1.82) is 0 Å². The first kappa shape index (κ1) is 12.4. The lowest BCUT2D eigenvalue weighted by atomic mass is 10.4. The van der Waals surface area contributed by atoms with Crippen LogP contribution in [0.4, 0.5) is 0 Å². The van der Waals surface area contributed by atoms with E-state index in [1.807, 2.05) is 17.5 Å². The molecule has 3 heterocycles. The maximum absolute atomic E-state index is 5.97. The number of halogens is 1. The van der Waals surface area contributed by atoms with Crippen molar-refractivity contribution in [2.75, 3.05) is 5.84 Å². The third-order valence-electron chi connectivity index (χ3n) is 2.19. The highest BCUT2D eigenvalue weighted by Gasteiger charge is 2.14. The molecule has 0 fully saturated rings. The average molecular weight is 311 g/mol. The summed E-state index contributed by atoms with van der Waals surface area (Å²) in [5, 5.41) is 11.6. The molecule has 0 aliphatic carbocycles. The van der Waals surface area contributed by atoms with E-state index in [1.165, 1.54) is 28.8 Å². The SMILES string of the molecule is Nn1c(Sc2ncc(Cl)cn2)nnc1-c1cccs1. The molecule has 0 atom stereocenters. The van der Waals surface area contributed by atoms with Gasteiger partial charge in [-0.15, -0.1) is 21.5 Å². The fourth-order valence-electron chi connectivity index (χ4n) is 1.36. The lowest BCUT2D eigenvalue weighted by Crippen LogP contribution is -2.11. The van der Waals surface area contributed by atoms with Crippen LogP contribution in [-0.2, 0) is 0 Å². The smallest absolute Gasteiger partial charge is 0.217 e. The Morgan fingerprint density at radius 1 is 1.26 bits per heavy atom. The van der Waals surface area contributed by atoms with E-state index in [9.17, 15) is 0 Å². The summed E-state index contributed by atoms with van der Waals surface area (Å²) >= 11 is 8.51. The first-order valence-corrected chi connectivity index (χ1v) is 7.21. The number of hydrogen-bond donors (Lipinski definition) is 1. The Labute approximate surface area is 121 Å². The molecule has 0 aromatic carbocycles. The van der Waals surface area contributed by atoms with Crippen LogP contribution in [0.5, 0.6) is 0 Å². The van der Waals surface area contributed by atoms with Gasteiger partial charge in [0.15, 0.2) is 11.0 Å². The van der Waals surface area contributed by atoms with Crippen LogP contribution < -0.4 is 5.84 Å². The van der Waals surface area contributed by atoms with Gasteiger partial charge in [0.25, 0.3) is 0 Å². The van der Waals surface area contributed by atoms with E-state index in [-0.39, 0.29) is 0 Å². The molecule has 3 rings (SSSR count). The Morgan fingerprint density at radius 2 is 2.05 bits per heavy atom. The summed E-state index contributed by atoms with van der Waals surface area (Å²) in [5.74, 6) is 6.59. The van der Waals surface area contributed by atoms with E-state index in [2.05, 4.69) is 20.2 Å². The number of rotatable bonds is 3. The van der Waals surface area contributed by atoms with E-state index < -0.39 is 0 Å². The summed E-state index contributed by atoms with van der Waals surface area (Å²) in [4.78, 5) is 9.10. The van der Waals surface area contributed by atoms with Gasteiger partial charge in [-0.05, 0) is 23.2 Å². The fraction of sp³-hybridized carbons (Fsp3) is 0. The van der Waals surface area contributed by atoms with Crippen LogP contribution in [-0.4, -0.2) is 24.8 Å².